The first-order chi connectivity index (χ1) is 8.12. The van der Waals surface area contributed by atoms with E-state index >= 15 is 0 Å². The predicted molar refractivity (Wildman–Crippen MR) is 68.8 cm³/mol. The van der Waals surface area contributed by atoms with Gasteiger partial charge in [-0.15, -0.1) is 0 Å². The normalized spacial score (nSPS) is 34.9. The molecule has 1 N–H and O–H groups in total. The molecule has 2 nitrogen and oxygen atoms in total. The number of ketones is 1. The molecule has 0 heterocycles. The smallest absolute Gasteiger partial charge is 0.189 e. The maximum absolute atomic E-state index is 12.4. The van der Waals surface area contributed by atoms with Gasteiger partial charge in [0.15, 0.2) is 5.78 Å². The SMILES string of the molecule is CC1CCC(O)(C(=O)C2=CCCCCC2)CC1. The Morgan fingerprint density at radius 2 is 2.00 bits per heavy atom. The molecule has 0 atom stereocenters. The molecule has 0 radical (unpaired) electrons. The lowest BCUT2D eigenvalue weighted by Gasteiger charge is -2.34. The Labute approximate surface area is 104 Å². The van der Waals surface area contributed by atoms with Crippen molar-refractivity contribution < 1.29 is 9.90 Å². The summed E-state index contributed by atoms with van der Waals surface area (Å²) in [4.78, 5) is 12.4. The Morgan fingerprint density at radius 3 is 2.71 bits per heavy atom. The van der Waals surface area contributed by atoms with E-state index in [0.29, 0.717) is 18.8 Å². The zero-order valence-corrected chi connectivity index (χ0v) is 10.9. The van der Waals surface area contributed by atoms with Gasteiger partial charge in [0, 0.05) is 0 Å². The van der Waals surface area contributed by atoms with Gasteiger partial charge in [-0.2, -0.15) is 0 Å². The summed E-state index contributed by atoms with van der Waals surface area (Å²) in [5.74, 6) is 0.692. The predicted octanol–water partition coefficient (Wildman–Crippen LogP) is 3.39. The molecule has 0 aliphatic heterocycles. The Bertz CT molecular complexity index is 309. The highest BCUT2D eigenvalue weighted by molar-refractivity contribution is 6.01. The first kappa shape index (κ1) is 12.8. The van der Waals surface area contributed by atoms with E-state index in [1.54, 1.807) is 0 Å². The number of allylic oxidation sites excluding steroid dienone is 1. The van der Waals surface area contributed by atoms with Crippen LogP contribution < -0.4 is 0 Å². The summed E-state index contributed by atoms with van der Waals surface area (Å²) in [7, 11) is 0. The minimum Gasteiger partial charge on any atom is -0.382 e. The van der Waals surface area contributed by atoms with E-state index in [-0.39, 0.29) is 5.78 Å². The van der Waals surface area contributed by atoms with Crippen LogP contribution in [-0.4, -0.2) is 16.5 Å². The first-order valence-electron chi connectivity index (χ1n) is 7.08. The molecule has 1 fully saturated rings. The van der Waals surface area contributed by atoms with Gasteiger partial charge in [0.1, 0.15) is 5.60 Å². The molecule has 0 spiro atoms. The van der Waals surface area contributed by atoms with Gasteiger partial charge in [-0.05, 0) is 62.9 Å². The van der Waals surface area contributed by atoms with Crippen LogP contribution in [0.2, 0.25) is 0 Å². The molecule has 2 rings (SSSR count). The van der Waals surface area contributed by atoms with Gasteiger partial charge in [-0.25, -0.2) is 0 Å². The van der Waals surface area contributed by atoms with Crippen LogP contribution in [0, 0.1) is 5.92 Å². The molecule has 0 amide bonds. The average molecular weight is 236 g/mol. The average Bonchev–Trinajstić information content (AvgIpc) is 2.61. The fourth-order valence-corrected chi connectivity index (χ4v) is 2.99. The number of carbonyl (C=O) groups is 1. The van der Waals surface area contributed by atoms with E-state index in [4.69, 9.17) is 0 Å². The van der Waals surface area contributed by atoms with Crippen LogP contribution >= 0.6 is 0 Å². The number of hydrogen-bond acceptors (Lipinski definition) is 2. The molecule has 2 aliphatic rings. The van der Waals surface area contributed by atoms with Crippen molar-refractivity contribution in [2.45, 2.75) is 70.3 Å². The highest BCUT2D eigenvalue weighted by atomic mass is 16.3. The van der Waals surface area contributed by atoms with Gasteiger partial charge in [0.25, 0.3) is 0 Å². The fraction of sp³-hybridized carbons (Fsp3) is 0.800. The lowest BCUT2D eigenvalue weighted by Crippen LogP contribution is -2.42. The lowest BCUT2D eigenvalue weighted by atomic mass is 9.75. The van der Waals surface area contributed by atoms with E-state index in [9.17, 15) is 9.90 Å². The van der Waals surface area contributed by atoms with Crippen LogP contribution in [0.5, 0.6) is 0 Å². The summed E-state index contributed by atoms with van der Waals surface area (Å²) in [6, 6.07) is 0. The third-order valence-corrected chi connectivity index (χ3v) is 4.36. The molecule has 0 unspecified atom stereocenters. The third kappa shape index (κ3) is 2.98. The number of Topliss-reactive ketones (excluding diaryl/α,β-unsaturated/α-hetero) is 1. The summed E-state index contributed by atoms with van der Waals surface area (Å²) >= 11 is 0. The first-order valence-corrected chi connectivity index (χ1v) is 7.08. The summed E-state index contributed by atoms with van der Waals surface area (Å²) < 4.78 is 0. The largest absolute Gasteiger partial charge is 0.382 e. The van der Waals surface area contributed by atoms with E-state index in [1.165, 1.54) is 12.8 Å². The second-order valence-corrected chi connectivity index (χ2v) is 5.87. The second kappa shape index (κ2) is 5.34. The Kier molecular flexibility index (Phi) is 4.03. The molecule has 0 bridgehead atoms. The summed E-state index contributed by atoms with van der Waals surface area (Å²) in [6.45, 7) is 2.20. The van der Waals surface area contributed by atoms with Gasteiger partial charge in [0.2, 0.25) is 0 Å². The molecular formula is C15H24O2. The Morgan fingerprint density at radius 1 is 1.29 bits per heavy atom. The van der Waals surface area contributed by atoms with Crippen molar-refractivity contribution >= 4 is 5.78 Å². The van der Waals surface area contributed by atoms with Crippen molar-refractivity contribution in [3.8, 4) is 0 Å². The second-order valence-electron chi connectivity index (χ2n) is 5.87. The molecule has 96 valence electrons. The molecule has 0 aromatic carbocycles. The van der Waals surface area contributed by atoms with Crippen LogP contribution in [0.1, 0.15) is 64.7 Å². The third-order valence-electron chi connectivity index (χ3n) is 4.36. The Hall–Kier alpha value is -0.630. The van der Waals surface area contributed by atoms with Gasteiger partial charge < -0.3 is 5.11 Å². The summed E-state index contributed by atoms with van der Waals surface area (Å²) in [5.41, 5.74) is -0.137. The van der Waals surface area contributed by atoms with Crippen molar-refractivity contribution in [1.82, 2.24) is 0 Å². The highest BCUT2D eigenvalue weighted by Gasteiger charge is 2.39. The van der Waals surface area contributed by atoms with Crippen LogP contribution in [-0.2, 0) is 4.79 Å². The van der Waals surface area contributed by atoms with E-state index in [2.05, 4.69) is 13.0 Å². The molecular weight excluding hydrogens is 212 g/mol. The minimum absolute atomic E-state index is 0.0336. The Balaban J connectivity index is 2.05. The topological polar surface area (TPSA) is 37.3 Å². The zero-order valence-electron chi connectivity index (χ0n) is 10.9. The summed E-state index contributed by atoms with van der Waals surface area (Å²) in [6.07, 6.45) is 10.7. The van der Waals surface area contributed by atoms with Crippen LogP contribution in [0.4, 0.5) is 0 Å². The number of hydrogen-bond donors (Lipinski definition) is 1. The molecule has 0 aromatic heterocycles. The molecule has 2 aliphatic carbocycles. The zero-order chi connectivity index (χ0) is 12.3. The quantitative estimate of drug-likeness (QED) is 0.798. The van der Waals surface area contributed by atoms with Gasteiger partial charge >= 0.3 is 0 Å². The van der Waals surface area contributed by atoms with Crippen molar-refractivity contribution in [3.63, 3.8) is 0 Å². The van der Waals surface area contributed by atoms with Crippen molar-refractivity contribution in [1.29, 1.82) is 0 Å². The van der Waals surface area contributed by atoms with Crippen molar-refractivity contribution in [2.24, 2.45) is 5.92 Å². The van der Waals surface area contributed by atoms with Crippen LogP contribution in [0.3, 0.4) is 0 Å². The van der Waals surface area contributed by atoms with E-state index in [0.717, 1.165) is 37.7 Å². The summed E-state index contributed by atoms with van der Waals surface area (Å²) in [5, 5.41) is 10.5. The van der Waals surface area contributed by atoms with E-state index in [1.807, 2.05) is 0 Å². The van der Waals surface area contributed by atoms with Gasteiger partial charge in [0.05, 0.1) is 0 Å². The van der Waals surface area contributed by atoms with Gasteiger partial charge in [-0.3, -0.25) is 4.79 Å². The monoisotopic (exact) mass is 236 g/mol. The minimum atomic E-state index is -1.04. The maximum Gasteiger partial charge on any atom is 0.189 e. The molecule has 0 saturated heterocycles. The van der Waals surface area contributed by atoms with Crippen LogP contribution in [0.15, 0.2) is 11.6 Å². The molecule has 17 heavy (non-hydrogen) atoms. The number of carbonyl (C=O) groups excluding carboxylic acids is 1. The fourth-order valence-electron chi connectivity index (χ4n) is 2.99. The van der Waals surface area contributed by atoms with Crippen LogP contribution in [0.25, 0.3) is 0 Å². The standard InChI is InChI=1S/C15H24O2/c1-12-8-10-15(17,11-9-12)14(16)13-6-4-2-3-5-7-13/h6,12,17H,2-5,7-11H2,1H3. The highest BCUT2D eigenvalue weighted by Crippen LogP contribution is 2.35. The van der Waals surface area contributed by atoms with E-state index < -0.39 is 5.60 Å². The molecule has 0 aromatic rings. The number of rotatable bonds is 2. The van der Waals surface area contributed by atoms with Crippen molar-refractivity contribution in [3.05, 3.63) is 11.6 Å². The van der Waals surface area contributed by atoms with Gasteiger partial charge in [-0.1, -0.05) is 19.4 Å². The molecule has 2 heteroatoms. The van der Waals surface area contributed by atoms with Crippen molar-refractivity contribution in [2.75, 3.05) is 0 Å². The lowest BCUT2D eigenvalue weighted by molar-refractivity contribution is -0.137. The number of aliphatic hydroxyl groups is 1. The maximum atomic E-state index is 12.4. The molecule has 1 saturated carbocycles.